The van der Waals surface area contributed by atoms with E-state index < -0.39 is 5.82 Å². The summed E-state index contributed by atoms with van der Waals surface area (Å²) in [6.07, 6.45) is 3.69. The quantitative estimate of drug-likeness (QED) is 0.702. The van der Waals surface area contributed by atoms with Crippen molar-refractivity contribution >= 4 is 29.2 Å². The number of ether oxygens (including phenoxy) is 1. The molecule has 0 unspecified atom stereocenters. The van der Waals surface area contributed by atoms with Crippen LogP contribution in [0.25, 0.3) is 11.6 Å². The van der Waals surface area contributed by atoms with E-state index in [0.29, 0.717) is 28.4 Å². The normalized spacial score (nSPS) is 20.9. The van der Waals surface area contributed by atoms with Crippen LogP contribution >= 0.6 is 0 Å². The number of likely N-dealkylation sites (tertiary alicyclic amines) is 1. The lowest BCUT2D eigenvalue weighted by molar-refractivity contribution is -0.110. The number of hydrogen-bond acceptors (Lipinski definition) is 4. The summed E-state index contributed by atoms with van der Waals surface area (Å²) >= 11 is 0. The van der Waals surface area contributed by atoms with Gasteiger partial charge in [0, 0.05) is 49.2 Å². The molecule has 2 aromatic rings. The number of fused-ring (bicyclic) bond motifs is 1. The molecule has 0 aliphatic carbocycles. The minimum Gasteiger partial charge on any atom is -0.379 e. The van der Waals surface area contributed by atoms with Crippen molar-refractivity contribution in [3.63, 3.8) is 0 Å². The van der Waals surface area contributed by atoms with Gasteiger partial charge in [-0.2, -0.15) is 0 Å². The zero-order valence-corrected chi connectivity index (χ0v) is 19.0. The lowest BCUT2D eigenvalue weighted by Crippen LogP contribution is -2.50. The van der Waals surface area contributed by atoms with Crippen molar-refractivity contribution in [2.45, 2.75) is 32.7 Å². The summed E-state index contributed by atoms with van der Waals surface area (Å²) in [5, 5.41) is 2.71. The van der Waals surface area contributed by atoms with Crippen molar-refractivity contribution in [1.29, 1.82) is 0 Å². The first-order chi connectivity index (χ1) is 15.9. The molecule has 3 aliphatic heterocycles. The van der Waals surface area contributed by atoms with Gasteiger partial charge in [-0.3, -0.25) is 14.5 Å². The molecule has 7 nitrogen and oxygen atoms in total. The van der Waals surface area contributed by atoms with Gasteiger partial charge in [0.25, 0.3) is 11.8 Å². The summed E-state index contributed by atoms with van der Waals surface area (Å²) in [5.74, 6) is -0.641. The first-order valence-corrected chi connectivity index (χ1v) is 11.6. The number of nitrogens with zero attached hydrogens (tertiary/aromatic N) is 2. The van der Waals surface area contributed by atoms with Gasteiger partial charge in [-0.05, 0) is 56.5 Å². The number of hydrogen-bond donors (Lipinski definition) is 2. The molecule has 0 bridgehead atoms. The first-order valence-electron chi connectivity index (χ1n) is 11.6. The highest BCUT2D eigenvalue weighted by molar-refractivity contribution is 6.34. The molecule has 0 atom stereocenters. The van der Waals surface area contributed by atoms with Crippen molar-refractivity contribution < 1.29 is 18.7 Å². The number of H-pyrrole nitrogens is 1. The van der Waals surface area contributed by atoms with Crippen molar-refractivity contribution in [1.82, 2.24) is 14.8 Å². The molecule has 1 aromatic heterocycles. The minimum absolute atomic E-state index is 0.0321. The van der Waals surface area contributed by atoms with Crippen LogP contribution in [0.3, 0.4) is 0 Å². The number of aryl methyl sites for hydroxylation is 1. The Balaban J connectivity index is 1.34. The highest BCUT2D eigenvalue weighted by Crippen LogP contribution is 2.34. The second-order valence-corrected chi connectivity index (χ2v) is 9.04. The number of carbonyl (C=O) groups excluding carboxylic acids is 2. The van der Waals surface area contributed by atoms with E-state index in [9.17, 15) is 14.0 Å². The Morgan fingerprint density at radius 2 is 1.88 bits per heavy atom. The van der Waals surface area contributed by atoms with Gasteiger partial charge in [0.05, 0.1) is 30.0 Å². The Bertz CT molecular complexity index is 1120. The van der Waals surface area contributed by atoms with Crippen molar-refractivity contribution in [3.05, 3.63) is 52.1 Å². The number of anilines is 1. The Morgan fingerprint density at radius 3 is 2.61 bits per heavy atom. The SMILES string of the molecule is Cc1[nH]c(C=C2C(=O)Nc3cc(F)ccc32)c(C)c1C(=O)N1CCC(N2CCOCC2)CC1. The fourth-order valence-electron chi connectivity index (χ4n) is 5.23. The molecular weight excluding hydrogens is 423 g/mol. The third kappa shape index (κ3) is 4.09. The highest BCUT2D eigenvalue weighted by atomic mass is 19.1. The number of carbonyl (C=O) groups is 2. The predicted molar refractivity (Wildman–Crippen MR) is 124 cm³/mol. The Hall–Kier alpha value is -2.97. The van der Waals surface area contributed by atoms with E-state index in [-0.39, 0.29) is 11.8 Å². The summed E-state index contributed by atoms with van der Waals surface area (Å²) in [6, 6.07) is 4.77. The monoisotopic (exact) mass is 452 g/mol. The summed E-state index contributed by atoms with van der Waals surface area (Å²) in [4.78, 5) is 33.6. The first kappa shape index (κ1) is 21.9. The van der Waals surface area contributed by atoms with Gasteiger partial charge in [-0.15, -0.1) is 0 Å². The predicted octanol–water partition coefficient (Wildman–Crippen LogP) is 3.20. The lowest BCUT2D eigenvalue weighted by Gasteiger charge is -2.40. The van der Waals surface area contributed by atoms with Crippen LogP contribution in [0.1, 0.15) is 45.7 Å². The van der Waals surface area contributed by atoms with E-state index in [1.807, 2.05) is 18.7 Å². The maximum Gasteiger partial charge on any atom is 0.256 e. The average molecular weight is 453 g/mol. The maximum atomic E-state index is 13.5. The zero-order valence-electron chi connectivity index (χ0n) is 19.0. The van der Waals surface area contributed by atoms with Gasteiger partial charge in [0.15, 0.2) is 0 Å². The Morgan fingerprint density at radius 1 is 1.15 bits per heavy atom. The van der Waals surface area contributed by atoms with Crippen molar-refractivity contribution in [3.8, 4) is 0 Å². The van der Waals surface area contributed by atoms with Crippen LogP contribution in [-0.2, 0) is 9.53 Å². The smallest absolute Gasteiger partial charge is 0.256 e. The molecule has 1 aromatic carbocycles. The second kappa shape index (κ2) is 8.76. The van der Waals surface area contributed by atoms with Crippen LogP contribution in [0.15, 0.2) is 18.2 Å². The molecule has 8 heteroatoms. The summed E-state index contributed by atoms with van der Waals surface area (Å²) in [7, 11) is 0. The summed E-state index contributed by atoms with van der Waals surface area (Å²) in [5.41, 5.74) is 4.59. The van der Waals surface area contributed by atoms with E-state index >= 15 is 0 Å². The van der Waals surface area contributed by atoms with Crippen LogP contribution in [0.2, 0.25) is 0 Å². The minimum atomic E-state index is -0.396. The van der Waals surface area contributed by atoms with Crippen LogP contribution in [0.4, 0.5) is 10.1 Å². The summed E-state index contributed by atoms with van der Waals surface area (Å²) < 4.78 is 19.0. The zero-order chi connectivity index (χ0) is 23.1. The molecule has 0 spiro atoms. The number of benzene rings is 1. The van der Waals surface area contributed by atoms with Crippen molar-refractivity contribution in [2.24, 2.45) is 0 Å². The molecule has 0 saturated carbocycles. The number of rotatable bonds is 3. The van der Waals surface area contributed by atoms with E-state index in [2.05, 4.69) is 15.2 Å². The number of piperidine rings is 1. The molecule has 0 radical (unpaired) electrons. The van der Waals surface area contributed by atoms with Crippen LogP contribution in [-0.4, -0.2) is 72.0 Å². The maximum absolute atomic E-state index is 13.5. The van der Waals surface area contributed by atoms with Crippen molar-refractivity contribution in [2.75, 3.05) is 44.7 Å². The van der Waals surface area contributed by atoms with Gasteiger partial charge >= 0.3 is 0 Å². The van der Waals surface area contributed by atoms with Gasteiger partial charge in [-0.1, -0.05) is 0 Å². The average Bonchev–Trinajstić information content (AvgIpc) is 3.28. The second-order valence-electron chi connectivity index (χ2n) is 9.04. The van der Waals surface area contributed by atoms with Gasteiger partial charge < -0.3 is 19.9 Å². The van der Waals surface area contributed by atoms with Gasteiger partial charge in [0.1, 0.15) is 5.82 Å². The molecular formula is C25H29FN4O3. The molecule has 33 heavy (non-hydrogen) atoms. The van der Waals surface area contributed by atoms with Crippen LogP contribution in [0.5, 0.6) is 0 Å². The Labute approximate surface area is 192 Å². The number of aromatic nitrogens is 1. The van der Waals surface area contributed by atoms with Gasteiger partial charge in [0.2, 0.25) is 0 Å². The molecule has 5 rings (SSSR count). The van der Waals surface area contributed by atoms with E-state index in [0.717, 1.165) is 69.2 Å². The Kier molecular flexibility index (Phi) is 5.80. The number of amides is 2. The van der Waals surface area contributed by atoms with Gasteiger partial charge in [-0.25, -0.2) is 4.39 Å². The van der Waals surface area contributed by atoms with E-state index in [4.69, 9.17) is 4.74 Å². The standard InChI is InChI=1S/C25H29FN4O3/c1-15-21(14-20-19-4-3-17(26)13-22(19)28-24(20)31)27-16(2)23(15)25(32)30-7-5-18(6-8-30)29-9-11-33-12-10-29/h3-4,13-14,18,27H,5-12H2,1-2H3,(H,28,31). The molecule has 174 valence electrons. The molecule has 4 heterocycles. The van der Waals surface area contributed by atoms with E-state index in [1.165, 1.54) is 12.1 Å². The van der Waals surface area contributed by atoms with Crippen LogP contribution < -0.4 is 5.32 Å². The number of nitrogens with one attached hydrogen (secondary N) is 2. The molecule has 2 amide bonds. The molecule has 2 N–H and O–H groups in total. The fraction of sp³-hybridized carbons (Fsp3) is 0.440. The summed E-state index contributed by atoms with van der Waals surface area (Å²) in [6.45, 7) is 8.79. The third-order valence-electron chi connectivity index (χ3n) is 7.06. The third-order valence-corrected chi connectivity index (χ3v) is 7.06. The largest absolute Gasteiger partial charge is 0.379 e. The molecule has 2 saturated heterocycles. The lowest BCUT2D eigenvalue weighted by atomic mass is 10.00. The van der Waals surface area contributed by atoms with Crippen LogP contribution in [0, 0.1) is 19.7 Å². The van der Waals surface area contributed by atoms with E-state index in [1.54, 1.807) is 12.1 Å². The number of halogens is 1. The molecule has 3 aliphatic rings. The topological polar surface area (TPSA) is 77.7 Å². The highest BCUT2D eigenvalue weighted by Gasteiger charge is 2.31. The fourth-order valence-corrected chi connectivity index (χ4v) is 5.23. The molecule has 2 fully saturated rings. The number of aromatic amines is 1. The number of morpholine rings is 1.